The van der Waals surface area contributed by atoms with Gasteiger partial charge in [0, 0.05) is 6.54 Å². The van der Waals surface area contributed by atoms with Crippen LogP contribution in [0, 0.1) is 5.41 Å². The lowest BCUT2D eigenvalue weighted by molar-refractivity contribution is 0.0878. The average Bonchev–Trinajstić information content (AvgIpc) is 1.99. The molecule has 0 radical (unpaired) electrons. The summed E-state index contributed by atoms with van der Waals surface area (Å²) < 4.78 is 0. The SMILES string of the molecule is CCC(C)(C)CCCNOC. The summed E-state index contributed by atoms with van der Waals surface area (Å²) in [6.07, 6.45) is 3.70. The fraction of sp³-hybridized carbons (Fsp3) is 1.00. The lowest BCUT2D eigenvalue weighted by Crippen LogP contribution is -2.17. The van der Waals surface area contributed by atoms with Crippen molar-refractivity contribution < 1.29 is 4.84 Å². The standard InChI is InChI=1S/C9H21NO/c1-5-9(2,3)7-6-8-10-11-4/h10H,5-8H2,1-4H3. The number of hydrogen-bond acceptors (Lipinski definition) is 2. The Morgan fingerprint density at radius 2 is 2.00 bits per heavy atom. The van der Waals surface area contributed by atoms with Crippen molar-refractivity contribution in [1.82, 2.24) is 5.48 Å². The van der Waals surface area contributed by atoms with Crippen molar-refractivity contribution in [3.8, 4) is 0 Å². The summed E-state index contributed by atoms with van der Waals surface area (Å²) in [6.45, 7) is 7.81. The van der Waals surface area contributed by atoms with Crippen LogP contribution >= 0.6 is 0 Å². The molecule has 68 valence electrons. The van der Waals surface area contributed by atoms with Gasteiger partial charge in [0.1, 0.15) is 0 Å². The zero-order valence-corrected chi connectivity index (χ0v) is 8.24. The zero-order chi connectivity index (χ0) is 8.74. The molecule has 0 aromatic carbocycles. The molecule has 0 aliphatic carbocycles. The molecule has 0 unspecified atom stereocenters. The molecule has 0 aromatic rings. The molecule has 0 atom stereocenters. The van der Waals surface area contributed by atoms with Crippen LogP contribution in [0.25, 0.3) is 0 Å². The summed E-state index contributed by atoms with van der Waals surface area (Å²) in [5, 5.41) is 0. The van der Waals surface area contributed by atoms with Gasteiger partial charge in [-0.3, -0.25) is 0 Å². The molecule has 0 rings (SSSR count). The van der Waals surface area contributed by atoms with Gasteiger partial charge in [-0.1, -0.05) is 27.2 Å². The molecule has 2 heteroatoms. The molecule has 0 amide bonds. The van der Waals surface area contributed by atoms with Crippen molar-refractivity contribution in [2.45, 2.75) is 40.0 Å². The summed E-state index contributed by atoms with van der Waals surface area (Å²) in [5.41, 5.74) is 3.34. The van der Waals surface area contributed by atoms with Crippen molar-refractivity contribution in [2.24, 2.45) is 5.41 Å². The second-order valence-corrected chi connectivity index (χ2v) is 3.72. The molecule has 0 saturated heterocycles. The Balaban J connectivity index is 3.23. The Morgan fingerprint density at radius 1 is 1.36 bits per heavy atom. The van der Waals surface area contributed by atoms with Crippen LogP contribution in [-0.4, -0.2) is 13.7 Å². The predicted molar refractivity (Wildman–Crippen MR) is 48.3 cm³/mol. The highest BCUT2D eigenvalue weighted by molar-refractivity contribution is 4.65. The Kier molecular flexibility index (Phi) is 5.51. The van der Waals surface area contributed by atoms with Crippen molar-refractivity contribution in [2.75, 3.05) is 13.7 Å². The van der Waals surface area contributed by atoms with Crippen molar-refractivity contribution in [3.05, 3.63) is 0 Å². The van der Waals surface area contributed by atoms with Crippen LogP contribution < -0.4 is 5.48 Å². The van der Waals surface area contributed by atoms with Crippen LogP contribution in [0.3, 0.4) is 0 Å². The molecular weight excluding hydrogens is 138 g/mol. The van der Waals surface area contributed by atoms with Crippen LogP contribution in [0.15, 0.2) is 0 Å². The van der Waals surface area contributed by atoms with Gasteiger partial charge in [-0.15, -0.1) is 0 Å². The normalized spacial score (nSPS) is 12.0. The van der Waals surface area contributed by atoms with Gasteiger partial charge in [-0.2, -0.15) is 0 Å². The maximum absolute atomic E-state index is 4.74. The fourth-order valence-electron chi connectivity index (χ4n) is 0.918. The van der Waals surface area contributed by atoms with Gasteiger partial charge in [0.2, 0.25) is 0 Å². The van der Waals surface area contributed by atoms with Gasteiger partial charge in [0.25, 0.3) is 0 Å². The van der Waals surface area contributed by atoms with E-state index in [1.54, 1.807) is 7.11 Å². The van der Waals surface area contributed by atoms with E-state index in [9.17, 15) is 0 Å². The Bertz CT molecular complexity index is 91.6. The summed E-state index contributed by atoms with van der Waals surface area (Å²) in [4.78, 5) is 4.74. The maximum atomic E-state index is 4.74. The number of nitrogens with one attached hydrogen (secondary N) is 1. The quantitative estimate of drug-likeness (QED) is 0.474. The van der Waals surface area contributed by atoms with Gasteiger partial charge in [0.15, 0.2) is 0 Å². The van der Waals surface area contributed by atoms with Gasteiger partial charge in [0.05, 0.1) is 7.11 Å². The molecule has 0 spiro atoms. The van der Waals surface area contributed by atoms with E-state index in [1.165, 1.54) is 19.3 Å². The second kappa shape index (κ2) is 5.56. The topological polar surface area (TPSA) is 21.3 Å². The summed E-state index contributed by atoms with van der Waals surface area (Å²) in [7, 11) is 1.66. The van der Waals surface area contributed by atoms with Gasteiger partial charge >= 0.3 is 0 Å². The van der Waals surface area contributed by atoms with Crippen molar-refractivity contribution >= 4 is 0 Å². The monoisotopic (exact) mass is 159 g/mol. The minimum absolute atomic E-state index is 0.495. The highest BCUT2D eigenvalue weighted by Crippen LogP contribution is 2.25. The Labute approximate surface area is 70.3 Å². The predicted octanol–water partition coefficient (Wildman–Crippen LogP) is 2.35. The first-order valence-electron chi connectivity index (χ1n) is 4.38. The zero-order valence-electron chi connectivity index (χ0n) is 8.24. The molecular formula is C9H21NO. The average molecular weight is 159 g/mol. The fourth-order valence-corrected chi connectivity index (χ4v) is 0.918. The molecule has 0 saturated carbocycles. The van der Waals surface area contributed by atoms with E-state index in [1.807, 2.05) is 0 Å². The first-order chi connectivity index (χ1) is 5.12. The molecule has 0 bridgehead atoms. The smallest absolute Gasteiger partial charge is 0.0572 e. The molecule has 0 aliphatic heterocycles. The molecule has 2 nitrogen and oxygen atoms in total. The third kappa shape index (κ3) is 6.32. The third-order valence-electron chi connectivity index (χ3n) is 2.23. The lowest BCUT2D eigenvalue weighted by atomic mass is 9.85. The van der Waals surface area contributed by atoms with Crippen molar-refractivity contribution in [1.29, 1.82) is 0 Å². The van der Waals surface area contributed by atoms with Gasteiger partial charge in [-0.05, 0) is 18.3 Å². The largest absolute Gasteiger partial charge is 0.305 e. The summed E-state index contributed by atoms with van der Waals surface area (Å²) >= 11 is 0. The van der Waals surface area contributed by atoms with E-state index < -0.39 is 0 Å². The number of rotatable bonds is 6. The first-order valence-corrected chi connectivity index (χ1v) is 4.38. The van der Waals surface area contributed by atoms with Gasteiger partial charge in [-0.25, -0.2) is 5.48 Å². The summed E-state index contributed by atoms with van der Waals surface area (Å²) in [6, 6.07) is 0. The lowest BCUT2D eigenvalue weighted by Gasteiger charge is -2.21. The first kappa shape index (κ1) is 10.9. The molecule has 0 fully saturated rings. The molecule has 11 heavy (non-hydrogen) atoms. The van der Waals surface area contributed by atoms with E-state index in [-0.39, 0.29) is 0 Å². The molecule has 0 heterocycles. The van der Waals surface area contributed by atoms with Crippen LogP contribution in [0.1, 0.15) is 40.0 Å². The van der Waals surface area contributed by atoms with Gasteiger partial charge < -0.3 is 4.84 Å². The van der Waals surface area contributed by atoms with E-state index >= 15 is 0 Å². The molecule has 0 aliphatic rings. The van der Waals surface area contributed by atoms with E-state index in [4.69, 9.17) is 4.84 Å². The summed E-state index contributed by atoms with van der Waals surface area (Å²) in [5.74, 6) is 0. The minimum atomic E-state index is 0.495. The maximum Gasteiger partial charge on any atom is 0.0572 e. The van der Waals surface area contributed by atoms with Crippen LogP contribution in [0.4, 0.5) is 0 Å². The van der Waals surface area contributed by atoms with Crippen LogP contribution in [-0.2, 0) is 4.84 Å². The molecule has 1 N–H and O–H groups in total. The van der Waals surface area contributed by atoms with E-state index in [2.05, 4.69) is 26.3 Å². The van der Waals surface area contributed by atoms with E-state index in [0.29, 0.717) is 5.41 Å². The van der Waals surface area contributed by atoms with E-state index in [0.717, 1.165) is 6.54 Å². The Morgan fingerprint density at radius 3 is 2.45 bits per heavy atom. The Hall–Kier alpha value is -0.0800. The van der Waals surface area contributed by atoms with Crippen LogP contribution in [0.2, 0.25) is 0 Å². The van der Waals surface area contributed by atoms with Crippen LogP contribution in [0.5, 0.6) is 0 Å². The third-order valence-corrected chi connectivity index (χ3v) is 2.23. The minimum Gasteiger partial charge on any atom is -0.305 e. The number of hydroxylamine groups is 1. The molecule has 0 aromatic heterocycles. The highest BCUT2D eigenvalue weighted by atomic mass is 16.6. The van der Waals surface area contributed by atoms with Crippen molar-refractivity contribution in [3.63, 3.8) is 0 Å². The number of hydrogen-bond donors (Lipinski definition) is 1. The highest BCUT2D eigenvalue weighted by Gasteiger charge is 2.13. The second-order valence-electron chi connectivity index (χ2n) is 3.72.